The van der Waals surface area contributed by atoms with Gasteiger partial charge in [-0.2, -0.15) is 5.26 Å². The van der Waals surface area contributed by atoms with Crippen LogP contribution in [0.5, 0.6) is 0 Å². The van der Waals surface area contributed by atoms with Gasteiger partial charge in [-0.05, 0) is 43.7 Å². The van der Waals surface area contributed by atoms with Gasteiger partial charge in [0.2, 0.25) is 0 Å². The molecule has 1 aromatic carbocycles. The average molecular weight is 399 g/mol. The van der Waals surface area contributed by atoms with Crippen molar-refractivity contribution >= 4 is 23.3 Å². The lowest BCUT2D eigenvalue weighted by molar-refractivity contribution is -0.141. The Bertz CT molecular complexity index is 775. The number of nitrogens with zero attached hydrogens (tertiary/aromatic N) is 3. The second kappa shape index (κ2) is 10.5. The largest absolute Gasteiger partial charge is 0.480 e. The van der Waals surface area contributed by atoms with Crippen LogP contribution in [0.2, 0.25) is 0 Å². The van der Waals surface area contributed by atoms with E-state index in [0.29, 0.717) is 6.42 Å². The molecule has 0 radical (unpaired) electrons. The smallest absolute Gasteiger partial charge is 0.326 e. The van der Waals surface area contributed by atoms with E-state index in [0.717, 1.165) is 37.6 Å². The number of rotatable bonds is 8. The van der Waals surface area contributed by atoms with Gasteiger partial charge in [-0.15, -0.1) is 0 Å². The van der Waals surface area contributed by atoms with Gasteiger partial charge in [-0.1, -0.05) is 13.8 Å². The summed E-state index contributed by atoms with van der Waals surface area (Å²) in [7, 11) is 2.11. The molecule has 2 rings (SSSR count). The molecule has 8 nitrogen and oxygen atoms in total. The summed E-state index contributed by atoms with van der Waals surface area (Å²) in [6.45, 7) is 7.74. The second-order valence-electron chi connectivity index (χ2n) is 7.65. The third-order valence-electron chi connectivity index (χ3n) is 4.79. The molecule has 3 N–H and O–H groups in total. The Morgan fingerprint density at radius 2 is 1.83 bits per heavy atom. The highest BCUT2D eigenvalue weighted by atomic mass is 16.4. The maximum Gasteiger partial charge on any atom is 0.326 e. The molecule has 0 saturated carbocycles. The first kappa shape index (κ1) is 22.2. The number of hydrogen-bond donors (Lipinski definition) is 3. The first-order valence-electron chi connectivity index (χ1n) is 9.74. The minimum absolute atomic E-state index is 0.0999. The van der Waals surface area contributed by atoms with E-state index in [1.807, 2.05) is 44.2 Å². The lowest BCUT2D eigenvalue weighted by Crippen LogP contribution is -2.44. The van der Waals surface area contributed by atoms with Gasteiger partial charge in [-0.25, -0.2) is 4.79 Å². The number of carbonyl (C=O) groups is 2. The molecule has 1 fully saturated rings. The van der Waals surface area contributed by atoms with Crippen molar-refractivity contribution < 1.29 is 14.7 Å². The van der Waals surface area contributed by atoms with Crippen LogP contribution < -0.4 is 15.5 Å². The third-order valence-corrected chi connectivity index (χ3v) is 4.79. The minimum Gasteiger partial charge on any atom is -0.480 e. The molecule has 0 aliphatic carbocycles. The van der Waals surface area contributed by atoms with Gasteiger partial charge >= 0.3 is 5.97 Å². The molecule has 1 aromatic rings. The summed E-state index contributed by atoms with van der Waals surface area (Å²) < 4.78 is 0. The Morgan fingerprint density at radius 3 is 2.34 bits per heavy atom. The van der Waals surface area contributed by atoms with Crippen LogP contribution in [0.3, 0.4) is 0 Å². The Labute approximate surface area is 171 Å². The van der Waals surface area contributed by atoms with Crippen molar-refractivity contribution in [2.75, 3.05) is 43.4 Å². The van der Waals surface area contributed by atoms with Crippen LogP contribution in [0, 0.1) is 17.2 Å². The lowest BCUT2D eigenvalue weighted by atomic mass is 10.0. The Kier molecular flexibility index (Phi) is 8.04. The van der Waals surface area contributed by atoms with E-state index in [1.54, 1.807) is 0 Å². The number of anilines is 2. The zero-order valence-corrected chi connectivity index (χ0v) is 17.2. The third kappa shape index (κ3) is 6.80. The van der Waals surface area contributed by atoms with Crippen LogP contribution in [0.4, 0.5) is 11.4 Å². The monoisotopic (exact) mass is 399 g/mol. The van der Waals surface area contributed by atoms with Crippen molar-refractivity contribution in [3.8, 4) is 6.07 Å². The second-order valence-corrected chi connectivity index (χ2v) is 7.65. The number of aliphatic carboxylic acids is 1. The van der Waals surface area contributed by atoms with Gasteiger partial charge in [0.25, 0.3) is 5.91 Å². The lowest BCUT2D eigenvalue weighted by Gasteiger charge is -2.34. The van der Waals surface area contributed by atoms with Gasteiger partial charge in [0.05, 0.1) is 0 Å². The Balaban J connectivity index is 1.98. The summed E-state index contributed by atoms with van der Waals surface area (Å²) in [6.07, 6.45) is 1.59. The molecule has 156 valence electrons. The number of nitriles is 1. The molecule has 0 bridgehead atoms. The number of carbonyl (C=O) groups excluding carboxylic acids is 1. The summed E-state index contributed by atoms with van der Waals surface area (Å²) >= 11 is 0. The molecule has 1 aliphatic rings. The van der Waals surface area contributed by atoms with Crippen LogP contribution in [-0.2, 0) is 9.59 Å². The van der Waals surface area contributed by atoms with Crippen molar-refractivity contribution in [1.82, 2.24) is 10.2 Å². The van der Waals surface area contributed by atoms with Gasteiger partial charge in [0.15, 0.2) is 0 Å². The summed E-state index contributed by atoms with van der Waals surface area (Å²) in [5.74, 6) is -1.72. The summed E-state index contributed by atoms with van der Waals surface area (Å²) in [5, 5.41) is 23.9. The maximum atomic E-state index is 12.3. The summed E-state index contributed by atoms with van der Waals surface area (Å²) in [5.41, 5.74) is 1.69. The number of piperazine rings is 1. The zero-order chi connectivity index (χ0) is 21.4. The highest BCUT2D eigenvalue weighted by molar-refractivity contribution is 5.99. The molecular weight excluding hydrogens is 370 g/mol. The van der Waals surface area contributed by atoms with Gasteiger partial charge in [-0.3, -0.25) is 4.79 Å². The number of carboxylic acid groups (broad SMARTS) is 1. The van der Waals surface area contributed by atoms with Gasteiger partial charge < -0.3 is 25.5 Å². The maximum absolute atomic E-state index is 12.3. The van der Waals surface area contributed by atoms with E-state index in [9.17, 15) is 20.0 Å². The normalized spacial score (nSPS) is 16.2. The van der Waals surface area contributed by atoms with Crippen molar-refractivity contribution in [3.63, 3.8) is 0 Å². The van der Waals surface area contributed by atoms with Crippen molar-refractivity contribution in [3.05, 3.63) is 36.0 Å². The topological polar surface area (TPSA) is 109 Å². The van der Waals surface area contributed by atoms with Crippen LogP contribution in [0.1, 0.15) is 20.3 Å². The fraction of sp³-hybridized carbons (Fsp3) is 0.476. The summed E-state index contributed by atoms with van der Waals surface area (Å²) in [6, 6.07) is 8.55. The van der Waals surface area contributed by atoms with Crippen LogP contribution in [0.15, 0.2) is 36.0 Å². The van der Waals surface area contributed by atoms with E-state index in [-0.39, 0.29) is 11.5 Å². The van der Waals surface area contributed by atoms with Crippen molar-refractivity contribution in [2.45, 2.75) is 26.3 Å². The van der Waals surface area contributed by atoms with E-state index in [4.69, 9.17) is 0 Å². The quantitative estimate of drug-likeness (QED) is 0.452. The Morgan fingerprint density at radius 1 is 1.21 bits per heavy atom. The Hall–Kier alpha value is -3.05. The van der Waals surface area contributed by atoms with Crippen LogP contribution >= 0.6 is 0 Å². The number of likely N-dealkylation sites (N-methyl/N-ethyl adjacent to an activating group) is 1. The first-order chi connectivity index (χ1) is 13.8. The molecule has 1 heterocycles. The SMILES string of the molecule is CC(C)CC(NC(=O)/C(C#N)=C\Nc1ccc(N2CCN(C)CC2)cc1)C(=O)O. The highest BCUT2D eigenvalue weighted by Crippen LogP contribution is 2.19. The molecule has 0 spiro atoms. The predicted molar refractivity (Wildman–Crippen MR) is 112 cm³/mol. The fourth-order valence-electron chi connectivity index (χ4n) is 3.07. The van der Waals surface area contributed by atoms with Crippen LogP contribution in [-0.4, -0.2) is 61.2 Å². The van der Waals surface area contributed by atoms with E-state index in [2.05, 4.69) is 27.5 Å². The van der Waals surface area contributed by atoms with Gasteiger partial charge in [0, 0.05) is 43.8 Å². The fourth-order valence-corrected chi connectivity index (χ4v) is 3.07. The standard InChI is InChI=1S/C21H29N5O3/c1-15(2)12-19(21(28)29)24-20(27)16(13-22)14-23-17-4-6-18(7-5-17)26-10-8-25(3)9-11-26/h4-7,14-15,19,23H,8-12H2,1-3H3,(H,24,27)(H,28,29)/b16-14-. The van der Waals surface area contributed by atoms with E-state index < -0.39 is 17.9 Å². The molecule has 1 unspecified atom stereocenters. The van der Waals surface area contributed by atoms with E-state index >= 15 is 0 Å². The van der Waals surface area contributed by atoms with Gasteiger partial charge in [0.1, 0.15) is 17.7 Å². The zero-order valence-electron chi connectivity index (χ0n) is 17.2. The van der Waals surface area contributed by atoms with Crippen molar-refractivity contribution in [1.29, 1.82) is 5.26 Å². The highest BCUT2D eigenvalue weighted by Gasteiger charge is 2.22. The molecule has 29 heavy (non-hydrogen) atoms. The molecule has 1 aliphatic heterocycles. The number of hydrogen-bond acceptors (Lipinski definition) is 6. The number of benzene rings is 1. The van der Waals surface area contributed by atoms with Crippen molar-refractivity contribution in [2.24, 2.45) is 5.92 Å². The summed E-state index contributed by atoms with van der Waals surface area (Å²) in [4.78, 5) is 28.2. The van der Waals surface area contributed by atoms with Crippen LogP contribution in [0.25, 0.3) is 0 Å². The molecule has 8 heteroatoms. The molecule has 0 aromatic heterocycles. The predicted octanol–water partition coefficient (Wildman–Crippen LogP) is 1.87. The number of amides is 1. The molecule has 1 saturated heterocycles. The van der Waals surface area contributed by atoms with E-state index in [1.165, 1.54) is 6.20 Å². The molecule has 1 amide bonds. The average Bonchev–Trinajstić information content (AvgIpc) is 2.68. The molecular formula is C21H29N5O3. The first-order valence-corrected chi connectivity index (χ1v) is 9.74. The molecule has 1 atom stereocenters. The number of carboxylic acids is 1. The number of nitrogens with one attached hydrogen (secondary N) is 2. The minimum atomic E-state index is -1.11.